The first-order valence-electron chi connectivity index (χ1n) is 13.7. The standard InChI is InChI=1S/C32H46O/c1-21-8-7-9-23(20-21)11-10-22(2)25-13-14-26-24-12-15-28-30(3,4)29(33)17-19-32(28,6)27(24)16-18-31(25,26)5/h7-9,14,20,22,25,28-29,33H,10-13,15-19H2,1-6H3/t22-,25-,28+,29+,31-,32-/m1/s1. The van der Waals surface area contributed by atoms with E-state index in [4.69, 9.17) is 0 Å². The van der Waals surface area contributed by atoms with Crippen molar-refractivity contribution >= 4 is 0 Å². The van der Waals surface area contributed by atoms with E-state index in [0.717, 1.165) is 18.3 Å². The van der Waals surface area contributed by atoms with Crippen LogP contribution in [0, 0.1) is 40.9 Å². The second kappa shape index (κ2) is 8.11. The third-order valence-electron chi connectivity index (χ3n) is 11.1. The van der Waals surface area contributed by atoms with E-state index >= 15 is 0 Å². The van der Waals surface area contributed by atoms with Crippen LogP contribution in [0.15, 0.2) is 47.1 Å². The number of benzene rings is 1. The molecular weight excluding hydrogens is 400 g/mol. The maximum atomic E-state index is 10.8. The Bertz CT molecular complexity index is 980. The summed E-state index contributed by atoms with van der Waals surface area (Å²) >= 11 is 0. The smallest absolute Gasteiger partial charge is 0.0594 e. The molecule has 6 atom stereocenters. The molecule has 1 fully saturated rings. The summed E-state index contributed by atoms with van der Waals surface area (Å²) in [6, 6.07) is 9.09. The Kier molecular flexibility index (Phi) is 5.75. The van der Waals surface area contributed by atoms with Crippen LogP contribution in [0.5, 0.6) is 0 Å². The van der Waals surface area contributed by atoms with Crippen molar-refractivity contribution in [3.05, 3.63) is 58.2 Å². The molecule has 0 bridgehead atoms. The number of hydrogen-bond acceptors (Lipinski definition) is 1. The highest BCUT2D eigenvalue weighted by Crippen LogP contribution is 2.66. The maximum Gasteiger partial charge on any atom is 0.0594 e. The van der Waals surface area contributed by atoms with Crippen molar-refractivity contribution in [2.24, 2.45) is 34.0 Å². The fourth-order valence-corrected chi connectivity index (χ4v) is 9.04. The molecule has 0 unspecified atom stereocenters. The van der Waals surface area contributed by atoms with Crippen molar-refractivity contribution < 1.29 is 5.11 Å². The van der Waals surface area contributed by atoms with Crippen molar-refractivity contribution in [1.29, 1.82) is 0 Å². The maximum absolute atomic E-state index is 10.8. The highest BCUT2D eigenvalue weighted by molar-refractivity contribution is 5.49. The molecule has 1 nitrogen and oxygen atoms in total. The summed E-state index contributed by atoms with van der Waals surface area (Å²) in [7, 11) is 0. The molecule has 0 amide bonds. The molecule has 1 saturated carbocycles. The van der Waals surface area contributed by atoms with Gasteiger partial charge in [0.15, 0.2) is 0 Å². The van der Waals surface area contributed by atoms with Crippen LogP contribution >= 0.6 is 0 Å². The van der Waals surface area contributed by atoms with Gasteiger partial charge in [0.1, 0.15) is 0 Å². The van der Waals surface area contributed by atoms with Crippen LogP contribution < -0.4 is 0 Å². The summed E-state index contributed by atoms with van der Waals surface area (Å²) < 4.78 is 0. The lowest BCUT2D eigenvalue weighted by Crippen LogP contribution is -2.53. The van der Waals surface area contributed by atoms with E-state index in [-0.39, 0.29) is 16.9 Å². The molecule has 0 aliphatic heterocycles. The van der Waals surface area contributed by atoms with E-state index in [1.165, 1.54) is 62.5 Å². The first-order valence-corrected chi connectivity index (χ1v) is 13.7. The van der Waals surface area contributed by atoms with Gasteiger partial charge < -0.3 is 5.11 Å². The number of aliphatic hydroxyl groups excluding tert-OH is 1. The fourth-order valence-electron chi connectivity index (χ4n) is 9.04. The second-order valence-corrected chi connectivity index (χ2v) is 13.2. The summed E-state index contributed by atoms with van der Waals surface area (Å²) in [6.45, 7) is 14.6. The van der Waals surface area contributed by atoms with E-state index in [2.05, 4.69) is 71.9 Å². The molecule has 1 aromatic carbocycles. The van der Waals surface area contributed by atoms with E-state index in [1.807, 2.05) is 0 Å². The first-order chi connectivity index (χ1) is 15.6. The molecule has 0 saturated heterocycles. The molecule has 0 aromatic heterocycles. The lowest BCUT2D eigenvalue weighted by molar-refractivity contribution is -0.0905. The van der Waals surface area contributed by atoms with Crippen molar-refractivity contribution in [2.45, 2.75) is 105 Å². The van der Waals surface area contributed by atoms with Gasteiger partial charge in [0.05, 0.1) is 6.10 Å². The van der Waals surface area contributed by atoms with Crippen LogP contribution in [0.3, 0.4) is 0 Å². The van der Waals surface area contributed by atoms with Gasteiger partial charge in [-0.15, -0.1) is 0 Å². The predicted octanol–water partition coefficient (Wildman–Crippen LogP) is 8.20. The minimum atomic E-state index is -0.143. The average molecular weight is 447 g/mol. The Morgan fingerprint density at radius 2 is 1.82 bits per heavy atom. The summed E-state index contributed by atoms with van der Waals surface area (Å²) in [5.41, 5.74) is 8.83. The zero-order valence-electron chi connectivity index (χ0n) is 22.0. The zero-order valence-corrected chi connectivity index (χ0v) is 22.0. The predicted molar refractivity (Wildman–Crippen MR) is 139 cm³/mol. The van der Waals surface area contributed by atoms with Crippen LogP contribution in [-0.2, 0) is 6.42 Å². The van der Waals surface area contributed by atoms with Gasteiger partial charge in [-0.3, -0.25) is 0 Å². The first kappa shape index (κ1) is 23.4. The second-order valence-electron chi connectivity index (χ2n) is 13.2. The number of aryl methyl sites for hydroxylation is 2. The van der Waals surface area contributed by atoms with Crippen LogP contribution in [0.2, 0.25) is 0 Å². The average Bonchev–Trinajstić information content (AvgIpc) is 3.12. The van der Waals surface area contributed by atoms with Gasteiger partial charge in [-0.05, 0) is 115 Å². The lowest BCUT2D eigenvalue weighted by atomic mass is 9.46. The minimum Gasteiger partial charge on any atom is -0.393 e. The topological polar surface area (TPSA) is 20.2 Å². The number of allylic oxidation sites excluding steroid dienone is 4. The molecule has 0 heterocycles. The van der Waals surface area contributed by atoms with Crippen LogP contribution in [0.1, 0.15) is 97.1 Å². The number of aliphatic hydroxyl groups is 1. The van der Waals surface area contributed by atoms with Gasteiger partial charge in [0.25, 0.3) is 0 Å². The molecule has 180 valence electrons. The third-order valence-corrected chi connectivity index (χ3v) is 11.1. The summed E-state index contributed by atoms with van der Waals surface area (Å²) in [5, 5.41) is 10.8. The van der Waals surface area contributed by atoms with E-state index in [1.54, 1.807) is 16.7 Å². The molecule has 4 aliphatic carbocycles. The summed E-state index contributed by atoms with van der Waals surface area (Å²) in [4.78, 5) is 0. The highest BCUT2D eigenvalue weighted by atomic mass is 16.3. The van der Waals surface area contributed by atoms with E-state index in [9.17, 15) is 5.11 Å². The van der Waals surface area contributed by atoms with Gasteiger partial charge >= 0.3 is 0 Å². The summed E-state index contributed by atoms with van der Waals surface area (Å²) in [5.74, 6) is 2.14. The van der Waals surface area contributed by atoms with Gasteiger partial charge in [0, 0.05) is 0 Å². The summed E-state index contributed by atoms with van der Waals surface area (Å²) in [6.07, 6.45) is 13.5. The zero-order chi connectivity index (χ0) is 23.6. The largest absolute Gasteiger partial charge is 0.393 e. The fraction of sp³-hybridized carbons (Fsp3) is 0.688. The van der Waals surface area contributed by atoms with Crippen molar-refractivity contribution in [3.8, 4) is 0 Å². The molecule has 4 aliphatic rings. The lowest BCUT2D eigenvalue weighted by Gasteiger charge is -2.59. The Labute approximate surface area is 202 Å². The van der Waals surface area contributed by atoms with Crippen molar-refractivity contribution in [3.63, 3.8) is 0 Å². The SMILES string of the molecule is Cc1cccc(CC[C@@H](C)[C@H]2CC=C3C4=C(CC[C@@]32C)[C@@]2(C)CC[C@H](O)C(C)(C)[C@@H]2CC4)c1. The van der Waals surface area contributed by atoms with Crippen LogP contribution in [-0.4, -0.2) is 11.2 Å². The Balaban J connectivity index is 1.37. The quantitative estimate of drug-likeness (QED) is 0.494. The molecule has 0 spiro atoms. The van der Waals surface area contributed by atoms with Crippen LogP contribution in [0.4, 0.5) is 0 Å². The van der Waals surface area contributed by atoms with Gasteiger partial charge in [-0.1, -0.05) is 76.1 Å². The number of fused-ring (bicyclic) bond motifs is 4. The number of hydrogen-bond donors (Lipinski definition) is 1. The Hall–Kier alpha value is -1.34. The highest BCUT2D eigenvalue weighted by Gasteiger charge is 2.57. The van der Waals surface area contributed by atoms with Gasteiger partial charge in [0.2, 0.25) is 0 Å². The van der Waals surface area contributed by atoms with E-state index < -0.39 is 0 Å². The molecule has 5 rings (SSSR count). The van der Waals surface area contributed by atoms with Gasteiger partial charge in [-0.25, -0.2) is 0 Å². The molecule has 0 radical (unpaired) electrons. The van der Waals surface area contributed by atoms with Gasteiger partial charge in [-0.2, -0.15) is 0 Å². The molecule has 33 heavy (non-hydrogen) atoms. The minimum absolute atomic E-state index is 0.0309. The van der Waals surface area contributed by atoms with Crippen LogP contribution in [0.25, 0.3) is 0 Å². The third kappa shape index (κ3) is 3.60. The normalized spacial score (nSPS) is 38.3. The monoisotopic (exact) mass is 446 g/mol. The Morgan fingerprint density at radius 1 is 1.03 bits per heavy atom. The number of rotatable bonds is 4. The van der Waals surface area contributed by atoms with Crippen molar-refractivity contribution in [1.82, 2.24) is 0 Å². The molecular formula is C32H46O. The molecule has 1 aromatic rings. The van der Waals surface area contributed by atoms with Crippen molar-refractivity contribution in [2.75, 3.05) is 0 Å². The van der Waals surface area contributed by atoms with E-state index in [0.29, 0.717) is 11.3 Å². The Morgan fingerprint density at radius 3 is 2.58 bits per heavy atom. The molecule has 1 heteroatoms. The molecule has 1 N–H and O–H groups in total.